The number of benzene rings is 1. The van der Waals surface area contributed by atoms with Crippen molar-refractivity contribution in [1.29, 1.82) is 0 Å². The monoisotopic (exact) mass is 233 g/mol. The van der Waals surface area contributed by atoms with Gasteiger partial charge in [-0.3, -0.25) is 0 Å². The summed E-state index contributed by atoms with van der Waals surface area (Å²) in [5, 5.41) is 12.0. The summed E-state index contributed by atoms with van der Waals surface area (Å²) in [6.07, 6.45) is 2.52. The van der Waals surface area contributed by atoms with Gasteiger partial charge in [0.15, 0.2) is 0 Å². The fourth-order valence-corrected chi connectivity index (χ4v) is 2.08. The van der Waals surface area contributed by atoms with Crippen LogP contribution < -0.4 is 5.73 Å². The average molecular weight is 233 g/mol. The lowest BCUT2D eigenvalue weighted by molar-refractivity contribution is 0.301. The Morgan fingerprint density at radius 1 is 1.47 bits per heavy atom. The maximum Gasteiger partial charge on any atom is 0.147 e. The lowest BCUT2D eigenvalue weighted by atomic mass is 9.97. The van der Waals surface area contributed by atoms with Crippen LogP contribution in [-0.4, -0.2) is 35.6 Å². The van der Waals surface area contributed by atoms with Gasteiger partial charge in [-0.05, 0) is 25.5 Å². The molecule has 0 bridgehead atoms. The van der Waals surface area contributed by atoms with Crippen LogP contribution in [0.5, 0.6) is 0 Å². The first kappa shape index (κ1) is 11.9. The van der Waals surface area contributed by atoms with Crippen LogP contribution in [-0.2, 0) is 0 Å². The molecular weight excluding hydrogens is 214 g/mol. The second kappa shape index (κ2) is 5.19. The van der Waals surface area contributed by atoms with E-state index in [0.29, 0.717) is 6.04 Å². The van der Waals surface area contributed by atoms with Crippen molar-refractivity contribution in [1.82, 2.24) is 4.90 Å². The predicted molar refractivity (Wildman–Crippen MR) is 68.2 cm³/mol. The summed E-state index contributed by atoms with van der Waals surface area (Å²) in [5.41, 5.74) is 6.88. The molecule has 4 nitrogen and oxygen atoms in total. The third-order valence-electron chi connectivity index (χ3n) is 3.32. The second-order valence-corrected chi connectivity index (χ2v) is 4.66. The lowest BCUT2D eigenvalue weighted by Crippen LogP contribution is -2.34. The summed E-state index contributed by atoms with van der Waals surface area (Å²) in [5.74, 6) is 0.246. The molecule has 1 atom stereocenters. The molecule has 1 aliphatic rings. The van der Waals surface area contributed by atoms with Gasteiger partial charge in [0.05, 0.1) is 5.92 Å². The number of hydrogen-bond donors (Lipinski definition) is 2. The van der Waals surface area contributed by atoms with Gasteiger partial charge in [-0.15, -0.1) is 0 Å². The zero-order valence-corrected chi connectivity index (χ0v) is 10.1. The Balaban J connectivity index is 2.13. The van der Waals surface area contributed by atoms with Gasteiger partial charge >= 0.3 is 0 Å². The largest absolute Gasteiger partial charge is 0.409 e. The van der Waals surface area contributed by atoms with Crippen LogP contribution in [0.2, 0.25) is 0 Å². The summed E-state index contributed by atoms with van der Waals surface area (Å²) < 4.78 is 0. The van der Waals surface area contributed by atoms with Crippen molar-refractivity contribution in [2.45, 2.75) is 24.8 Å². The Labute approximate surface area is 102 Å². The highest BCUT2D eigenvalue weighted by atomic mass is 16.4. The Bertz CT molecular complexity index is 387. The minimum Gasteiger partial charge on any atom is -0.409 e. The van der Waals surface area contributed by atoms with Gasteiger partial charge in [-0.25, -0.2) is 0 Å². The van der Waals surface area contributed by atoms with E-state index in [4.69, 9.17) is 10.9 Å². The highest BCUT2D eigenvalue weighted by Gasteiger charge is 2.29. The number of amidine groups is 1. The summed E-state index contributed by atoms with van der Waals surface area (Å²) in [4.78, 5) is 2.29. The van der Waals surface area contributed by atoms with Crippen molar-refractivity contribution in [3.63, 3.8) is 0 Å². The topological polar surface area (TPSA) is 61.8 Å². The molecule has 1 aromatic rings. The number of hydrogen-bond acceptors (Lipinski definition) is 3. The van der Waals surface area contributed by atoms with Gasteiger partial charge < -0.3 is 15.8 Å². The van der Waals surface area contributed by atoms with Crippen molar-refractivity contribution < 1.29 is 5.21 Å². The molecule has 1 unspecified atom stereocenters. The average Bonchev–Trinajstić information content (AvgIpc) is 3.20. The quantitative estimate of drug-likeness (QED) is 0.351. The predicted octanol–water partition coefficient (Wildman–Crippen LogP) is 1.61. The number of nitrogens with two attached hydrogens (primary N) is 1. The molecule has 1 saturated carbocycles. The van der Waals surface area contributed by atoms with E-state index in [-0.39, 0.29) is 11.8 Å². The highest BCUT2D eigenvalue weighted by molar-refractivity contribution is 5.87. The van der Waals surface area contributed by atoms with E-state index in [0.717, 1.165) is 12.1 Å². The van der Waals surface area contributed by atoms with Crippen molar-refractivity contribution in [3.8, 4) is 0 Å². The maximum absolute atomic E-state index is 8.88. The van der Waals surface area contributed by atoms with E-state index in [2.05, 4.69) is 17.1 Å². The molecule has 0 radical (unpaired) electrons. The SMILES string of the molecule is CN(CC(C(N)=NO)c1ccccc1)C1CC1. The molecular formula is C13H19N3O. The second-order valence-electron chi connectivity index (χ2n) is 4.66. The van der Waals surface area contributed by atoms with Gasteiger partial charge in [0.25, 0.3) is 0 Å². The third-order valence-corrected chi connectivity index (χ3v) is 3.32. The minimum atomic E-state index is -0.0354. The molecule has 92 valence electrons. The van der Waals surface area contributed by atoms with E-state index in [1.807, 2.05) is 30.3 Å². The molecule has 0 heterocycles. The van der Waals surface area contributed by atoms with Crippen LogP contribution in [0.4, 0.5) is 0 Å². The van der Waals surface area contributed by atoms with Crippen molar-refractivity contribution in [2.24, 2.45) is 10.9 Å². The molecule has 2 rings (SSSR count). The Morgan fingerprint density at radius 3 is 2.65 bits per heavy atom. The zero-order chi connectivity index (χ0) is 12.3. The Morgan fingerprint density at radius 2 is 2.12 bits per heavy atom. The third kappa shape index (κ3) is 2.97. The van der Waals surface area contributed by atoms with Crippen LogP contribution >= 0.6 is 0 Å². The number of rotatable bonds is 5. The molecule has 1 aliphatic carbocycles. The Hall–Kier alpha value is -1.55. The molecule has 0 aliphatic heterocycles. The lowest BCUT2D eigenvalue weighted by Gasteiger charge is -2.23. The van der Waals surface area contributed by atoms with Crippen molar-refractivity contribution in [3.05, 3.63) is 35.9 Å². The number of likely N-dealkylation sites (N-methyl/N-ethyl adjacent to an activating group) is 1. The molecule has 1 fully saturated rings. The van der Waals surface area contributed by atoms with Crippen molar-refractivity contribution in [2.75, 3.05) is 13.6 Å². The molecule has 0 saturated heterocycles. The highest BCUT2D eigenvalue weighted by Crippen LogP contribution is 2.28. The van der Waals surface area contributed by atoms with E-state index < -0.39 is 0 Å². The summed E-state index contributed by atoms with van der Waals surface area (Å²) in [7, 11) is 2.10. The normalized spacial score (nSPS) is 18.4. The zero-order valence-electron chi connectivity index (χ0n) is 10.1. The molecule has 0 spiro atoms. The minimum absolute atomic E-state index is 0.0354. The summed E-state index contributed by atoms with van der Waals surface area (Å²) >= 11 is 0. The van der Waals surface area contributed by atoms with Crippen LogP contribution in [0.15, 0.2) is 35.5 Å². The van der Waals surface area contributed by atoms with Gasteiger partial charge in [0, 0.05) is 12.6 Å². The number of nitrogens with zero attached hydrogens (tertiary/aromatic N) is 2. The Kier molecular flexibility index (Phi) is 3.64. The standard InChI is InChI=1S/C13H19N3O/c1-16(11-7-8-11)9-12(13(14)15-17)10-5-3-2-4-6-10/h2-6,11-12,17H,7-9H2,1H3,(H2,14,15). The van der Waals surface area contributed by atoms with E-state index >= 15 is 0 Å². The molecule has 0 aromatic heterocycles. The summed E-state index contributed by atoms with van der Waals surface area (Å²) in [6, 6.07) is 10.6. The van der Waals surface area contributed by atoms with E-state index in [1.54, 1.807) is 0 Å². The van der Waals surface area contributed by atoms with Crippen molar-refractivity contribution >= 4 is 5.84 Å². The van der Waals surface area contributed by atoms with Crippen LogP contribution in [0.3, 0.4) is 0 Å². The fourth-order valence-electron chi connectivity index (χ4n) is 2.08. The van der Waals surface area contributed by atoms with Gasteiger partial charge in [0.1, 0.15) is 5.84 Å². The van der Waals surface area contributed by atoms with Gasteiger partial charge in [-0.1, -0.05) is 35.5 Å². The summed E-state index contributed by atoms with van der Waals surface area (Å²) in [6.45, 7) is 0.796. The smallest absolute Gasteiger partial charge is 0.147 e. The fraction of sp³-hybridized carbons (Fsp3) is 0.462. The van der Waals surface area contributed by atoms with Crippen LogP contribution in [0, 0.1) is 0 Å². The first-order valence-electron chi connectivity index (χ1n) is 5.95. The maximum atomic E-state index is 8.88. The number of oxime groups is 1. The van der Waals surface area contributed by atoms with Crippen LogP contribution in [0.1, 0.15) is 24.3 Å². The molecule has 3 N–H and O–H groups in total. The van der Waals surface area contributed by atoms with Gasteiger partial charge in [-0.2, -0.15) is 0 Å². The molecule has 4 heteroatoms. The van der Waals surface area contributed by atoms with E-state index in [9.17, 15) is 0 Å². The molecule has 1 aromatic carbocycles. The van der Waals surface area contributed by atoms with Gasteiger partial charge in [0.2, 0.25) is 0 Å². The first-order valence-corrected chi connectivity index (χ1v) is 5.95. The molecule has 17 heavy (non-hydrogen) atoms. The van der Waals surface area contributed by atoms with Crippen LogP contribution in [0.25, 0.3) is 0 Å². The van der Waals surface area contributed by atoms with E-state index in [1.165, 1.54) is 12.8 Å². The molecule has 0 amide bonds. The first-order chi connectivity index (χ1) is 8.22.